The molecule has 0 aliphatic heterocycles. The zero-order valence-electron chi connectivity index (χ0n) is 26.1. The molecular weight excluding hydrogens is 583 g/mol. The summed E-state index contributed by atoms with van der Waals surface area (Å²) >= 11 is 0. The fourth-order valence-electron chi connectivity index (χ4n) is 7.62. The first-order valence-corrected chi connectivity index (χ1v) is 16.4. The maximum atomic E-state index is 6.75. The van der Waals surface area contributed by atoms with Crippen molar-refractivity contribution in [1.82, 2.24) is 0 Å². The van der Waals surface area contributed by atoms with Crippen LogP contribution in [0.4, 0.5) is 17.1 Å². The molecule has 0 unspecified atom stereocenters. The van der Waals surface area contributed by atoms with Gasteiger partial charge in [0.05, 0.1) is 16.8 Å². The van der Waals surface area contributed by atoms with E-state index in [1.807, 2.05) is 0 Å². The molecule has 2 nitrogen and oxygen atoms in total. The molecule has 0 fully saturated rings. The van der Waals surface area contributed by atoms with Gasteiger partial charge in [0.1, 0.15) is 11.2 Å². The average Bonchev–Trinajstić information content (AvgIpc) is 3.55. The van der Waals surface area contributed by atoms with Gasteiger partial charge < -0.3 is 9.32 Å². The fourth-order valence-corrected chi connectivity index (χ4v) is 7.62. The first-order valence-electron chi connectivity index (χ1n) is 16.4. The van der Waals surface area contributed by atoms with Gasteiger partial charge in [0.25, 0.3) is 0 Å². The largest absolute Gasteiger partial charge is 0.455 e. The summed E-state index contributed by atoms with van der Waals surface area (Å²) in [5.74, 6) is 0. The fraction of sp³-hybridized carbons (Fsp3) is 0. The van der Waals surface area contributed by atoms with Crippen molar-refractivity contribution in [1.29, 1.82) is 0 Å². The van der Waals surface area contributed by atoms with Gasteiger partial charge in [-0.3, -0.25) is 0 Å². The maximum Gasteiger partial charge on any atom is 0.145 e. The monoisotopic (exact) mass is 611 g/mol. The summed E-state index contributed by atoms with van der Waals surface area (Å²) in [4.78, 5) is 2.45. The molecule has 0 saturated heterocycles. The number of benzene rings is 9. The Morgan fingerprint density at radius 3 is 1.85 bits per heavy atom. The smallest absolute Gasteiger partial charge is 0.145 e. The number of nitrogens with zero attached hydrogens (tertiary/aromatic N) is 1. The third kappa shape index (κ3) is 4.06. The Bertz CT molecular complexity index is 2850. The van der Waals surface area contributed by atoms with Gasteiger partial charge in [-0.15, -0.1) is 0 Å². The molecule has 1 aromatic heterocycles. The lowest BCUT2D eigenvalue weighted by atomic mass is 9.96. The molecule has 0 aliphatic carbocycles. The van der Waals surface area contributed by atoms with Crippen LogP contribution >= 0.6 is 0 Å². The lowest BCUT2D eigenvalue weighted by molar-refractivity contribution is 0.670. The zero-order chi connectivity index (χ0) is 31.6. The van der Waals surface area contributed by atoms with E-state index in [0.717, 1.165) is 50.1 Å². The lowest BCUT2D eigenvalue weighted by Gasteiger charge is -2.29. The van der Waals surface area contributed by atoms with Crippen molar-refractivity contribution in [3.8, 4) is 11.1 Å². The van der Waals surface area contributed by atoms with E-state index in [1.54, 1.807) is 0 Å². The number of furan rings is 1. The summed E-state index contributed by atoms with van der Waals surface area (Å²) in [6.45, 7) is 0. The van der Waals surface area contributed by atoms with Crippen LogP contribution in [0.2, 0.25) is 0 Å². The molecule has 0 bridgehead atoms. The van der Waals surface area contributed by atoms with E-state index in [1.165, 1.54) is 43.1 Å². The highest BCUT2D eigenvalue weighted by Crippen LogP contribution is 2.48. The summed E-state index contributed by atoms with van der Waals surface area (Å²) in [6, 6.07) is 63.3. The number of rotatable bonds is 4. The van der Waals surface area contributed by atoms with Crippen LogP contribution in [0.1, 0.15) is 0 Å². The van der Waals surface area contributed by atoms with Crippen molar-refractivity contribution < 1.29 is 4.42 Å². The van der Waals surface area contributed by atoms with Gasteiger partial charge in [0, 0.05) is 22.0 Å². The molecule has 0 radical (unpaired) electrons. The quantitative estimate of drug-likeness (QED) is 0.184. The van der Waals surface area contributed by atoms with Crippen molar-refractivity contribution in [2.75, 3.05) is 4.90 Å². The van der Waals surface area contributed by atoms with Crippen molar-refractivity contribution in [3.63, 3.8) is 0 Å². The van der Waals surface area contributed by atoms with E-state index in [9.17, 15) is 0 Å². The van der Waals surface area contributed by atoms with Gasteiger partial charge in [0.15, 0.2) is 0 Å². The molecule has 9 aromatic carbocycles. The summed E-state index contributed by atoms with van der Waals surface area (Å²) in [5.41, 5.74) is 7.29. The molecule has 48 heavy (non-hydrogen) atoms. The molecule has 0 aliphatic rings. The summed E-state index contributed by atoms with van der Waals surface area (Å²) in [5, 5.41) is 12.0. The molecule has 2 heteroatoms. The Labute approximate surface area is 277 Å². The number of para-hydroxylation sites is 1. The molecule has 0 amide bonds. The summed E-state index contributed by atoms with van der Waals surface area (Å²) in [7, 11) is 0. The number of fused-ring (bicyclic) bond motifs is 9. The van der Waals surface area contributed by atoms with Gasteiger partial charge >= 0.3 is 0 Å². The van der Waals surface area contributed by atoms with Crippen LogP contribution in [-0.4, -0.2) is 0 Å². The van der Waals surface area contributed by atoms with Crippen molar-refractivity contribution in [2.24, 2.45) is 0 Å². The summed E-state index contributed by atoms with van der Waals surface area (Å²) < 4.78 is 6.75. The van der Waals surface area contributed by atoms with Crippen LogP contribution in [0.5, 0.6) is 0 Å². The van der Waals surface area contributed by atoms with E-state index in [-0.39, 0.29) is 0 Å². The first kappa shape index (κ1) is 26.8. The van der Waals surface area contributed by atoms with Crippen LogP contribution in [0.15, 0.2) is 180 Å². The molecule has 0 atom stereocenters. The lowest BCUT2D eigenvalue weighted by Crippen LogP contribution is -2.11. The molecule has 10 aromatic rings. The van der Waals surface area contributed by atoms with Crippen molar-refractivity contribution >= 4 is 82.1 Å². The van der Waals surface area contributed by atoms with E-state index in [0.29, 0.717) is 0 Å². The van der Waals surface area contributed by atoms with Gasteiger partial charge in [-0.1, -0.05) is 140 Å². The Hall–Kier alpha value is -6.38. The molecule has 0 saturated carbocycles. The van der Waals surface area contributed by atoms with E-state index in [2.05, 4.69) is 181 Å². The second kappa shape index (κ2) is 10.6. The third-order valence-electron chi connectivity index (χ3n) is 9.80. The predicted octanol–water partition coefficient (Wildman–Crippen LogP) is 13.3. The normalized spacial score (nSPS) is 11.8. The van der Waals surface area contributed by atoms with Gasteiger partial charge in [0.2, 0.25) is 0 Å². The van der Waals surface area contributed by atoms with Crippen LogP contribution < -0.4 is 4.90 Å². The minimum Gasteiger partial charge on any atom is -0.455 e. The van der Waals surface area contributed by atoms with Crippen molar-refractivity contribution in [3.05, 3.63) is 176 Å². The molecular formula is C46H29NO. The number of hydrogen-bond donors (Lipinski definition) is 0. The Morgan fingerprint density at radius 1 is 0.375 bits per heavy atom. The SMILES string of the molecule is c1ccc(-c2ccc(N(c3ccc4c(ccc5ccccc54)c3)c3cccc4ccc5ccccc5c34)c3c2oc2ccccc23)cc1. The second-order valence-electron chi connectivity index (χ2n) is 12.5. The van der Waals surface area contributed by atoms with Crippen LogP contribution in [0.25, 0.3) is 76.2 Å². The molecule has 1 heterocycles. The predicted molar refractivity (Wildman–Crippen MR) is 204 cm³/mol. The molecule has 0 spiro atoms. The van der Waals surface area contributed by atoms with E-state index in [4.69, 9.17) is 4.42 Å². The Kier molecular flexibility index (Phi) is 5.91. The van der Waals surface area contributed by atoms with Gasteiger partial charge in [-0.2, -0.15) is 0 Å². The number of anilines is 3. The van der Waals surface area contributed by atoms with E-state index < -0.39 is 0 Å². The van der Waals surface area contributed by atoms with Crippen LogP contribution in [0.3, 0.4) is 0 Å². The molecule has 0 N–H and O–H groups in total. The third-order valence-corrected chi connectivity index (χ3v) is 9.80. The van der Waals surface area contributed by atoms with Crippen LogP contribution in [0, 0.1) is 0 Å². The first-order chi connectivity index (χ1) is 23.8. The zero-order valence-corrected chi connectivity index (χ0v) is 26.1. The van der Waals surface area contributed by atoms with E-state index >= 15 is 0 Å². The van der Waals surface area contributed by atoms with Crippen molar-refractivity contribution in [2.45, 2.75) is 0 Å². The second-order valence-corrected chi connectivity index (χ2v) is 12.5. The Morgan fingerprint density at radius 2 is 1.00 bits per heavy atom. The average molecular weight is 612 g/mol. The highest BCUT2D eigenvalue weighted by molar-refractivity contribution is 6.21. The highest BCUT2D eigenvalue weighted by Gasteiger charge is 2.24. The molecule has 224 valence electrons. The van der Waals surface area contributed by atoms with Crippen LogP contribution in [-0.2, 0) is 0 Å². The minimum absolute atomic E-state index is 0.880. The highest BCUT2D eigenvalue weighted by atomic mass is 16.3. The van der Waals surface area contributed by atoms with Gasteiger partial charge in [-0.05, 0) is 79.7 Å². The number of hydrogen-bond acceptors (Lipinski definition) is 2. The summed E-state index contributed by atoms with van der Waals surface area (Å²) in [6.07, 6.45) is 0. The molecule has 10 rings (SSSR count). The topological polar surface area (TPSA) is 16.4 Å². The Balaban J connectivity index is 1.34. The standard InChI is InChI=1S/C46H29NO/c1-2-11-30(12-3-1)39-27-28-42(45-40-18-8-9-20-43(40)48-46(39)45)47(35-25-26-37-34(29-35)24-22-31-13-4-6-16-36(31)37)41-19-10-15-33-23-21-32-14-5-7-17-38(32)44(33)41/h1-29H. The minimum atomic E-state index is 0.880. The maximum absolute atomic E-state index is 6.75. The van der Waals surface area contributed by atoms with Gasteiger partial charge in [-0.25, -0.2) is 0 Å².